The first-order chi connectivity index (χ1) is 9.40. The molecule has 102 valence electrons. The molecule has 1 saturated heterocycles. The Hall–Kier alpha value is -1.32. The summed E-state index contributed by atoms with van der Waals surface area (Å²) in [6.45, 7) is 6.82. The third-order valence-corrected chi connectivity index (χ3v) is 4.13. The Morgan fingerprint density at radius 1 is 1.21 bits per heavy atom. The third kappa shape index (κ3) is 2.53. The number of nitrogens with one attached hydrogen (secondary N) is 2. The number of rotatable bonds is 4. The van der Waals surface area contributed by atoms with Gasteiger partial charge in [0.25, 0.3) is 0 Å². The minimum atomic E-state index is 0.559. The van der Waals surface area contributed by atoms with E-state index in [0.29, 0.717) is 6.04 Å². The fourth-order valence-corrected chi connectivity index (χ4v) is 3.17. The minimum absolute atomic E-state index is 0.559. The van der Waals surface area contributed by atoms with Crippen molar-refractivity contribution < 1.29 is 0 Å². The van der Waals surface area contributed by atoms with Crippen molar-refractivity contribution >= 4 is 10.9 Å². The van der Waals surface area contributed by atoms with Crippen molar-refractivity contribution in [3.63, 3.8) is 0 Å². The lowest BCUT2D eigenvalue weighted by Crippen LogP contribution is -2.45. The fraction of sp³-hybridized carbons (Fsp3) is 0.500. The predicted octanol–water partition coefficient (Wildman–Crippen LogP) is 2.91. The number of benzene rings is 1. The summed E-state index contributed by atoms with van der Waals surface area (Å²) in [7, 11) is 0. The van der Waals surface area contributed by atoms with Crippen LogP contribution in [0.5, 0.6) is 0 Å². The molecule has 0 radical (unpaired) electrons. The van der Waals surface area contributed by atoms with Crippen molar-refractivity contribution in [2.45, 2.75) is 25.8 Å². The highest BCUT2D eigenvalue weighted by Gasteiger charge is 2.23. The zero-order valence-corrected chi connectivity index (χ0v) is 11.7. The molecule has 0 unspecified atom stereocenters. The second kappa shape index (κ2) is 5.76. The number of aromatic amines is 1. The van der Waals surface area contributed by atoms with E-state index in [0.717, 1.165) is 26.2 Å². The van der Waals surface area contributed by atoms with Crippen LogP contribution in [-0.4, -0.2) is 36.1 Å². The van der Waals surface area contributed by atoms with E-state index in [1.807, 2.05) is 0 Å². The highest BCUT2D eigenvalue weighted by molar-refractivity contribution is 5.83. The van der Waals surface area contributed by atoms with Gasteiger partial charge in [-0.15, -0.1) is 0 Å². The van der Waals surface area contributed by atoms with Gasteiger partial charge in [0, 0.05) is 49.3 Å². The molecule has 0 amide bonds. The Balaban J connectivity index is 1.94. The maximum Gasteiger partial charge on any atom is 0.0457 e. The standard InChI is InChI=1S/C16H23N3/c1-2-5-16(19-10-8-17-9-11-19)14-12-18-15-7-4-3-6-13(14)15/h3-4,6-7,12,16-18H,2,5,8-11H2,1H3/t16-/m1/s1. The molecule has 2 aromatic rings. The van der Waals surface area contributed by atoms with Gasteiger partial charge in [-0.1, -0.05) is 31.5 Å². The summed E-state index contributed by atoms with van der Waals surface area (Å²) in [6, 6.07) is 9.21. The lowest BCUT2D eigenvalue weighted by Gasteiger charge is -2.35. The first-order valence-electron chi connectivity index (χ1n) is 7.41. The molecule has 1 aliphatic rings. The second-order valence-corrected chi connectivity index (χ2v) is 5.38. The van der Waals surface area contributed by atoms with Crippen LogP contribution in [0.25, 0.3) is 10.9 Å². The molecule has 2 heterocycles. The van der Waals surface area contributed by atoms with Gasteiger partial charge >= 0.3 is 0 Å². The smallest absolute Gasteiger partial charge is 0.0457 e. The van der Waals surface area contributed by atoms with E-state index < -0.39 is 0 Å². The zero-order valence-electron chi connectivity index (χ0n) is 11.7. The average molecular weight is 257 g/mol. The summed E-state index contributed by atoms with van der Waals surface area (Å²) in [6.07, 6.45) is 4.68. The van der Waals surface area contributed by atoms with Crippen LogP contribution in [0, 0.1) is 0 Å². The van der Waals surface area contributed by atoms with Crippen molar-refractivity contribution in [3.05, 3.63) is 36.0 Å². The Morgan fingerprint density at radius 3 is 2.79 bits per heavy atom. The second-order valence-electron chi connectivity index (χ2n) is 5.38. The molecular weight excluding hydrogens is 234 g/mol. The zero-order chi connectivity index (χ0) is 13.1. The molecule has 1 aromatic carbocycles. The van der Waals surface area contributed by atoms with Crippen LogP contribution in [0.4, 0.5) is 0 Å². The van der Waals surface area contributed by atoms with Crippen LogP contribution < -0.4 is 5.32 Å². The molecule has 3 nitrogen and oxygen atoms in total. The van der Waals surface area contributed by atoms with Gasteiger partial charge in [0.2, 0.25) is 0 Å². The maximum atomic E-state index is 3.44. The van der Waals surface area contributed by atoms with Gasteiger partial charge in [-0.25, -0.2) is 0 Å². The molecular formula is C16H23N3. The van der Waals surface area contributed by atoms with E-state index in [1.165, 1.54) is 29.3 Å². The lowest BCUT2D eigenvalue weighted by atomic mass is 9.99. The fourth-order valence-electron chi connectivity index (χ4n) is 3.17. The van der Waals surface area contributed by atoms with Gasteiger partial charge in [-0.3, -0.25) is 4.90 Å². The summed E-state index contributed by atoms with van der Waals surface area (Å²) < 4.78 is 0. The quantitative estimate of drug-likeness (QED) is 0.882. The summed E-state index contributed by atoms with van der Waals surface area (Å²) in [5.74, 6) is 0. The number of H-pyrrole nitrogens is 1. The summed E-state index contributed by atoms with van der Waals surface area (Å²) in [4.78, 5) is 6.06. The molecule has 3 rings (SSSR count). The third-order valence-electron chi connectivity index (χ3n) is 4.13. The van der Waals surface area contributed by atoms with Gasteiger partial charge in [-0.2, -0.15) is 0 Å². The number of nitrogens with zero attached hydrogens (tertiary/aromatic N) is 1. The largest absolute Gasteiger partial charge is 0.361 e. The topological polar surface area (TPSA) is 31.1 Å². The first-order valence-corrected chi connectivity index (χ1v) is 7.41. The van der Waals surface area contributed by atoms with Crippen molar-refractivity contribution in [1.82, 2.24) is 15.2 Å². The van der Waals surface area contributed by atoms with Crippen molar-refractivity contribution in [2.24, 2.45) is 0 Å². The Kier molecular flexibility index (Phi) is 3.85. The van der Waals surface area contributed by atoms with Crippen molar-refractivity contribution in [2.75, 3.05) is 26.2 Å². The Morgan fingerprint density at radius 2 is 2.00 bits per heavy atom. The van der Waals surface area contributed by atoms with Crippen molar-refractivity contribution in [3.8, 4) is 0 Å². The molecule has 0 saturated carbocycles. The Bertz CT molecular complexity index is 526. The number of hydrogen-bond donors (Lipinski definition) is 2. The highest BCUT2D eigenvalue weighted by atomic mass is 15.2. The van der Waals surface area contributed by atoms with E-state index in [9.17, 15) is 0 Å². The van der Waals surface area contributed by atoms with Crippen LogP contribution in [0.2, 0.25) is 0 Å². The molecule has 3 heteroatoms. The molecule has 1 fully saturated rings. The van der Waals surface area contributed by atoms with E-state index >= 15 is 0 Å². The normalized spacial score (nSPS) is 18.8. The minimum Gasteiger partial charge on any atom is -0.361 e. The lowest BCUT2D eigenvalue weighted by molar-refractivity contribution is 0.165. The highest BCUT2D eigenvalue weighted by Crippen LogP contribution is 2.31. The maximum absolute atomic E-state index is 3.44. The number of para-hydroxylation sites is 1. The average Bonchev–Trinajstić information content (AvgIpc) is 2.89. The van der Waals surface area contributed by atoms with Gasteiger partial charge in [0.1, 0.15) is 0 Å². The van der Waals surface area contributed by atoms with Crippen LogP contribution >= 0.6 is 0 Å². The molecule has 2 N–H and O–H groups in total. The summed E-state index contributed by atoms with van der Waals surface area (Å²) >= 11 is 0. The van der Waals surface area contributed by atoms with Gasteiger partial charge in [0.15, 0.2) is 0 Å². The molecule has 1 atom stereocenters. The number of piperazine rings is 1. The SMILES string of the molecule is CCC[C@H](c1c[nH]c2ccccc12)N1CCNCC1. The molecule has 19 heavy (non-hydrogen) atoms. The summed E-state index contributed by atoms with van der Waals surface area (Å²) in [5, 5.41) is 4.83. The van der Waals surface area contributed by atoms with Gasteiger partial charge in [0.05, 0.1) is 0 Å². The van der Waals surface area contributed by atoms with E-state index in [2.05, 4.69) is 52.6 Å². The number of fused-ring (bicyclic) bond motifs is 1. The molecule has 1 aromatic heterocycles. The molecule has 0 spiro atoms. The van der Waals surface area contributed by atoms with E-state index in [4.69, 9.17) is 0 Å². The predicted molar refractivity (Wildman–Crippen MR) is 80.4 cm³/mol. The van der Waals surface area contributed by atoms with Crippen LogP contribution in [0.1, 0.15) is 31.4 Å². The molecule has 0 bridgehead atoms. The Labute approximate surface area is 115 Å². The summed E-state index contributed by atoms with van der Waals surface area (Å²) in [5.41, 5.74) is 2.73. The van der Waals surface area contributed by atoms with Crippen LogP contribution in [-0.2, 0) is 0 Å². The monoisotopic (exact) mass is 257 g/mol. The van der Waals surface area contributed by atoms with Gasteiger partial charge in [-0.05, 0) is 18.1 Å². The number of aromatic nitrogens is 1. The van der Waals surface area contributed by atoms with E-state index in [1.54, 1.807) is 0 Å². The van der Waals surface area contributed by atoms with E-state index in [-0.39, 0.29) is 0 Å². The molecule has 0 aliphatic carbocycles. The molecule has 1 aliphatic heterocycles. The van der Waals surface area contributed by atoms with Crippen molar-refractivity contribution in [1.29, 1.82) is 0 Å². The number of hydrogen-bond acceptors (Lipinski definition) is 2. The van der Waals surface area contributed by atoms with Crippen LogP contribution in [0.3, 0.4) is 0 Å². The first kappa shape index (κ1) is 12.7. The van der Waals surface area contributed by atoms with Crippen LogP contribution in [0.15, 0.2) is 30.5 Å². The van der Waals surface area contributed by atoms with Gasteiger partial charge < -0.3 is 10.3 Å².